The molecule has 0 spiro atoms. The number of carbonyl (C=O) groups is 1. The maximum absolute atomic E-state index is 13.0. The number of amides is 1. The van der Waals surface area contributed by atoms with E-state index in [4.69, 9.17) is 24.6 Å². The van der Waals surface area contributed by atoms with E-state index in [1.54, 1.807) is 0 Å². The van der Waals surface area contributed by atoms with Crippen LogP contribution in [0.4, 0.5) is 5.69 Å². The summed E-state index contributed by atoms with van der Waals surface area (Å²) in [6.07, 6.45) is -2.85. The second-order valence-electron chi connectivity index (χ2n) is 7.03. The topological polar surface area (TPSA) is 74.3 Å². The second kappa shape index (κ2) is 11.1. The smallest absolute Gasteiger partial charge is 0.238 e. The Labute approximate surface area is 200 Å². The summed E-state index contributed by atoms with van der Waals surface area (Å²) in [5.41, 5.74) is 0.573. The molecule has 1 aliphatic rings. The van der Waals surface area contributed by atoms with Gasteiger partial charge in [-0.2, -0.15) is 0 Å². The molecule has 2 aromatic rings. The highest BCUT2D eigenvalue weighted by Gasteiger charge is 2.21. The standard InChI is InChI=1S/C24H33N3O4/c1-18-7-6-8-19(2)24(18)25-23(29)16-27-13-11-26(12-14-27)15-20(28)17-31-22-10-5-4-9-21(22)30-3/h4-10,20,28H,11-17H2,1-3H3,(H,25,29)/i3D3,6D,7D,8D,16D2,17D2,20D. The van der Waals surface area contributed by atoms with Gasteiger partial charge in [0.15, 0.2) is 11.5 Å². The van der Waals surface area contributed by atoms with E-state index in [9.17, 15) is 9.90 Å². The third kappa shape index (κ3) is 6.69. The average molecular weight is 439 g/mol. The summed E-state index contributed by atoms with van der Waals surface area (Å²) in [5.74, 6) is -1.66. The number of hydrogen-bond acceptors (Lipinski definition) is 6. The number of nitrogens with zero attached hydrogens (tertiary/aromatic N) is 2. The zero-order valence-corrected chi connectivity index (χ0v) is 17.4. The third-order valence-corrected chi connectivity index (χ3v) is 4.73. The number of piperazine rings is 1. The number of nitrogens with one attached hydrogen (secondary N) is 1. The monoisotopic (exact) mass is 438 g/mol. The molecule has 2 aromatic carbocycles. The van der Waals surface area contributed by atoms with Crippen LogP contribution in [-0.2, 0) is 4.79 Å². The van der Waals surface area contributed by atoms with Gasteiger partial charge in [-0.05, 0) is 37.1 Å². The molecule has 31 heavy (non-hydrogen) atoms. The van der Waals surface area contributed by atoms with E-state index < -0.39 is 38.6 Å². The van der Waals surface area contributed by atoms with Crippen LogP contribution in [0.3, 0.4) is 0 Å². The van der Waals surface area contributed by atoms with Gasteiger partial charge in [0, 0.05) is 38.4 Å². The second-order valence-corrected chi connectivity index (χ2v) is 7.03. The van der Waals surface area contributed by atoms with Gasteiger partial charge < -0.3 is 19.9 Å². The minimum absolute atomic E-state index is 0.0212. The number of hydrogen-bond donors (Lipinski definition) is 2. The fourth-order valence-corrected chi connectivity index (χ4v) is 3.09. The van der Waals surface area contributed by atoms with Crippen LogP contribution in [0.2, 0.25) is 0 Å². The lowest BCUT2D eigenvalue weighted by Crippen LogP contribution is -2.50. The first-order chi connectivity index (χ1) is 19.2. The van der Waals surface area contributed by atoms with Crippen LogP contribution in [0.25, 0.3) is 0 Å². The summed E-state index contributed by atoms with van der Waals surface area (Å²) in [7, 11) is -2.84. The van der Waals surface area contributed by atoms with Crippen molar-refractivity contribution in [2.75, 3.05) is 58.1 Å². The highest BCUT2D eigenvalue weighted by molar-refractivity contribution is 5.93. The molecule has 2 N–H and O–H groups in total. The Balaban J connectivity index is 1.65. The Hall–Kier alpha value is -2.61. The largest absolute Gasteiger partial charge is 0.493 e. The normalized spacial score (nSPS) is 23.5. The number of para-hydroxylation sites is 3. The van der Waals surface area contributed by atoms with E-state index in [1.807, 2.05) is 0 Å². The van der Waals surface area contributed by atoms with Gasteiger partial charge in [-0.3, -0.25) is 14.6 Å². The van der Waals surface area contributed by atoms with Gasteiger partial charge >= 0.3 is 0 Å². The summed E-state index contributed by atoms with van der Waals surface area (Å²) in [4.78, 5) is 15.7. The minimum atomic E-state index is -3.02. The quantitative estimate of drug-likeness (QED) is 0.626. The molecule has 1 saturated heterocycles. The van der Waals surface area contributed by atoms with E-state index in [-0.39, 0.29) is 72.6 Å². The number of carbonyl (C=O) groups excluding carboxylic acids is 1. The Morgan fingerprint density at radius 2 is 1.87 bits per heavy atom. The molecule has 7 nitrogen and oxygen atoms in total. The molecular formula is C24H33N3O4. The number of rotatable bonds is 9. The van der Waals surface area contributed by atoms with Crippen molar-refractivity contribution in [2.45, 2.75) is 19.9 Å². The van der Waals surface area contributed by atoms with Crippen molar-refractivity contribution in [3.8, 4) is 11.5 Å². The zero-order chi connectivity index (χ0) is 31.8. The lowest BCUT2D eigenvalue weighted by molar-refractivity contribution is -0.117. The van der Waals surface area contributed by atoms with E-state index in [2.05, 4.69) is 5.32 Å². The van der Waals surface area contributed by atoms with Crippen molar-refractivity contribution >= 4 is 11.6 Å². The highest BCUT2D eigenvalue weighted by atomic mass is 16.5. The molecule has 1 fully saturated rings. The molecule has 0 saturated carbocycles. The van der Waals surface area contributed by atoms with Crippen molar-refractivity contribution in [2.24, 2.45) is 0 Å². The Bertz CT molecular complexity index is 1280. The van der Waals surface area contributed by atoms with Crippen LogP contribution in [0.1, 0.15) is 26.2 Å². The lowest BCUT2D eigenvalue weighted by atomic mass is 10.1. The van der Waals surface area contributed by atoms with Gasteiger partial charge in [0.2, 0.25) is 5.91 Å². The summed E-state index contributed by atoms with van der Waals surface area (Å²) in [6.45, 7) is -3.02. The molecule has 0 radical (unpaired) electrons. The molecule has 168 valence electrons. The summed E-state index contributed by atoms with van der Waals surface area (Å²) in [6, 6.07) is 4.60. The minimum Gasteiger partial charge on any atom is -0.493 e. The summed E-state index contributed by atoms with van der Waals surface area (Å²) >= 11 is 0. The maximum atomic E-state index is 13.0. The zero-order valence-electron chi connectivity index (χ0n) is 28.4. The molecule has 1 heterocycles. The van der Waals surface area contributed by atoms with Crippen molar-refractivity contribution < 1.29 is 34.5 Å². The number of benzene rings is 2. The van der Waals surface area contributed by atoms with Crippen LogP contribution in [0.5, 0.6) is 11.5 Å². The molecular weight excluding hydrogens is 394 g/mol. The first-order valence-corrected chi connectivity index (χ1v) is 9.73. The van der Waals surface area contributed by atoms with E-state index in [0.717, 1.165) is 0 Å². The molecule has 1 amide bonds. The molecule has 0 aliphatic carbocycles. The fourth-order valence-electron chi connectivity index (χ4n) is 3.09. The average Bonchev–Trinajstić information content (AvgIpc) is 2.89. The van der Waals surface area contributed by atoms with E-state index >= 15 is 0 Å². The highest BCUT2D eigenvalue weighted by Crippen LogP contribution is 2.25. The molecule has 1 aliphatic heterocycles. The summed E-state index contributed by atoms with van der Waals surface area (Å²) in [5, 5.41) is 13.2. The Morgan fingerprint density at radius 1 is 1.23 bits per heavy atom. The van der Waals surface area contributed by atoms with Crippen LogP contribution in [0.15, 0.2) is 42.4 Å². The third-order valence-electron chi connectivity index (χ3n) is 4.73. The SMILES string of the molecule is [2H]c1c([2H])c(C)c(NC(=O)C([2H])([2H])N2CCN(CC([2H])(O)C([2H])([2H])Oc3ccccc3OC([2H])([2H])[2H])CC2)c(C)c1[2H]. The number of ether oxygens (including phenoxy) is 2. The molecule has 1 atom stereocenters. The van der Waals surface area contributed by atoms with Crippen molar-refractivity contribution in [3.63, 3.8) is 0 Å². The molecule has 3 rings (SSSR count). The Kier molecular flexibility index (Phi) is 4.47. The van der Waals surface area contributed by atoms with Gasteiger partial charge in [0.25, 0.3) is 0 Å². The molecule has 0 aromatic heterocycles. The predicted octanol–water partition coefficient (Wildman–Crippen LogP) is 2.31. The Morgan fingerprint density at radius 3 is 2.55 bits per heavy atom. The predicted molar refractivity (Wildman–Crippen MR) is 122 cm³/mol. The molecule has 1 unspecified atom stereocenters. The van der Waals surface area contributed by atoms with E-state index in [0.29, 0.717) is 0 Å². The number of anilines is 1. The number of β-amino-alcohol motifs (C(OH)–C–C–N with tert-alkyl or cyclic N) is 1. The fraction of sp³-hybridized carbons (Fsp3) is 0.458. The first-order valence-electron chi connectivity index (χ1n) is 15.2. The number of methoxy groups -OCH3 is 1. The van der Waals surface area contributed by atoms with Gasteiger partial charge in [-0.25, -0.2) is 0 Å². The number of aliphatic hydroxyl groups is 1. The van der Waals surface area contributed by atoms with Crippen LogP contribution in [-0.4, -0.2) is 79.7 Å². The molecule has 7 heteroatoms. The van der Waals surface area contributed by atoms with Gasteiger partial charge in [-0.15, -0.1) is 0 Å². The van der Waals surface area contributed by atoms with Crippen LogP contribution >= 0.6 is 0 Å². The van der Waals surface area contributed by atoms with Crippen LogP contribution in [0, 0.1) is 13.8 Å². The van der Waals surface area contributed by atoms with Gasteiger partial charge in [0.05, 0.1) is 28.6 Å². The van der Waals surface area contributed by atoms with Crippen molar-refractivity contribution in [1.82, 2.24) is 9.80 Å². The van der Waals surface area contributed by atoms with Gasteiger partial charge in [-0.1, -0.05) is 30.3 Å². The first kappa shape index (κ1) is 12.4. The van der Waals surface area contributed by atoms with Gasteiger partial charge in [0.1, 0.15) is 12.6 Å². The van der Waals surface area contributed by atoms with E-state index in [1.165, 1.54) is 47.9 Å². The van der Waals surface area contributed by atoms with Crippen molar-refractivity contribution in [3.05, 3.63) is 53.5 Å². The lowest BCUT2D eigenvalue weighted by Gasteiger charge is -2.35. The van der Waals surface area contributed by atoms with Crippen LogP contribution < -0.4 is 14.8 Å². The maximum Gasteiger partial charge on any atom is 0.238 e. The molecule has 0 bridgehead atoms. The van der Waals surface area contributed by atoms with Crippen molar-refractivity contribution in [1.29, 1.82) is 0 Å². The summed E-state index contributed by atoms with van der Waals surface area (Å²) < 4.78 is 97.3.